The van der Waals surface area contributed by atoms with Gasteiger partial charge in [-0.3, -0.25) is 4.90 Å². The molecule has 0 amide bonds. The number of hydrogen-bond donors (Lipinski definition) is 1. The van der Waals surface area contributed by atoms with Gasteiger partial charge in [0, 0.05) is 19.1 Å². The lowest BCUT2D eigenvalue weighted by atomic mass is 9.95. The van der Waals surface area contributed by atoms with Crippen LogP contribution in [0.1, 0.15) is 45.1 Å². The van der Waals surface area contributed by atoms with Crippen molar-refractivity contribution in [3.63, 3.8) is 0 Å². The maximum atomic E-state index is 5.84. The second kappa shape index (κ2) is 8.27. The molecule has 2 saturated heterocycles. The molecule has 1 N–H and O–H groups in total. The molecule has 2 aliphatic rings. The summed E-state index contributed by atoms with van der Waals surface area (Å²) in [6, 6.07) is 11.5. The third-order valence-electron chi connectivity index (χ3n) is 5.24. The van der Waals surface area contributed by atoms with E-state index in [1.807, 2.05) is 0 Å². The van der Waals surface area contributed by atoms with Crippen LogP contribution < -0.4 is 5.32 Å². The van der Waals surface area contributed by atoms with Gasteiger partial charge in [0.25, 0.3) is 0 Å². The Labute approximate surface area is 141 Å². The largest absolute Gasteiger partial charge is 0.375 e. The lowest BCUT2D eigenvalue weighted by Crippen LogP contribution is -2.45. The van der Waals surface area contributed by atoms with Crippen LogP contribution in [0, 0.1) is 5.92 Å². The predicted octanol–water partition coefficient (Wildman–Crippen LogP) is 3.44. The molecule has 2 heterocycles. The Balaban J connectivity index is 1.43. The second-order valence-electron chi connectivity index (χ2n) is 7.56. The Morgan fingerprint density at radius 3 is 2.61 bits per heavy atom. The minimum Gasteiger partial charge on any atom is -0.375 e. The number of nitrogens with one attached hydrogen (secondary N) is 1. The fourth-order valence-electron chi connectivity index (χ4n) is 4.21. The summed E-state index contributed by atoms with van der Waals surface area (Å²) in [4.78, 5) is 2.63. The van der Waals surface area contributed by atoms with E-state index in [4.69, 9.17) is 4.74 Å². The Morgan fingerprint density at radius 2 is 1.87 bits per heavy atom. The van der Waals surface area contributed by atoms with Crippen molar-refractivity contribution in [2.24, 2.45) is 5.92 Å². The normalized spacial score (nSPS) is 32.8. The van der Waals surface area contributed by atoms with Crippen molar-refractivity contribution in [1.82, 2.24) is 10.2 Å². The average Bonchev–Trinajstić information content (AvgIpc) is 2.53. The number of benzene rings is 1. The van der Waals surface area contributed by atoms with E-state index < -0.39 is 0 Å². The van der Waals surface area contributed by atoms with Crippen LogP contribution in [-0.4, -0.2) is 42.8 Å². The molecule has 23 heavy (non-hydrogen) atoms. The highest BCUT2D eigenvalue weighted by atomic mass is 16.5. The first kappa shape index (κ1) is 16.9. The molecule has 2 fully saturated rings. The summed E-state index contributed by atoms with van der Waals surface area (Å²) >= 11 is 0. The molecule has 0 bridgehead atoms. The monoisotopic (exact) mass is 316 g/mol. The van der Waals surface area contributed by atoms with Gasteiger partial charge in [0.15, 0.2) is 0 Å². The van der Waals surface area contributed by atoms with E-state index in [2.05, 4.69) is 54.4 Å². The number of likely N-dealkylation sites (tertiary alicyclic amines) is 1. The van der Waals surface area contributed by atoms with Gasteiger partial charge in [0.1, 0.15) is 0 Å². The number of piperidine rings is 1. The van der Waals surface area contributed by atoms with Gasteiger partial charge in [-0.15, -0.1) is 0 Å². The van der Waals surface area contributed by atoms with E-state index >= 15 is 0 Å². The molecule has 1 aromatic carbocycles. The third kappa shape index (κ3) is 5.30. The molecule has 0 spiro atoms. The fraction of sp³-hybridized carbons (Fsp3) is 0.700. The molecule has 1 unspecified atom stereocenters. The minimum atomic E-state index is 0.400. The molecule has 3 nitrogen and oxygen atoms in total. The van der Waals surface area contributed by atoms with Gasteiger partial charge in [-0.05, 0) is 64.1 Å². The number of ether oxygens (including phenoxy) is 1. The van der Waals surface area contributed by atoms with Crippen molar-refractivity contribution in [3.8, 4) is 0 Å². The second-order valence-corrected chi connectivity index (χ2v) is 7.56. The topological polar surface area (TPSA) is 24.5 Å². The molecular weight excluding hydrogens is 284 g/mol. The SMILES string of the molecule is C[C@@H]1CC(NC[C@@H]2CCCN(Cc3ccccc3)C2)C[C@H](C)O1. The van der Waals surface area contributed by atoms with Crippen LogP contribution in [0.5, 0.6) is 0 Å². The van der Waals surface area contributed by atoms with Crippen molar-refractivity contribution < 1.29 is 4.74 Å². The van der Waals surface area contributed by atoms with Crippen LogP contribution in [0.15, 0.2) is 30.3 Å². The van der Waals surface area contributed by atoms with E-state index in [9.17, 15) is 0 Å². The van der Waals surface area contributed by atoms with Crippen LogP contribution in [0.2, 0.25) is 0 Å². The summed E-state index contributed by atoms with van der Waals surface area (Å²) < 4.78 is 5.84. The molecule has 0 radical (unpaired) electrons. The lowest BCUT2D eigenvalue weighted by molar-refractivity contribution is -0.0428. The van der Waals surface area contributed by atoms with Gasteiger partial charge in [-0.25, -0.2) is 0 Å². The Morgan fingerprint density at radius 1 is 1.13 bits per heavy atom. The van der Waals surface area contributed by atoms with Crippen LogP contribution in [-0.2, 0) is 11.3 Å². The van der Waals surface area contributed by atoms with Crippen LogP contribution in [0.4, 0.5) is 0 Å². The summed E-state index contributed by atoms with van der Waals surface area (Å²) in [7, 11) is 0. The van der Waals surface area contributed by atoms with Gasteiger partial charge >= 0.3 is 0 Å². The maximum absolute atomic E-state index is 5.84. The van der Waals surface area contributed by atoms with Gasteiger partial charge in [-0.2, -0.15) is 0 Å². The molecular formula is C20H32N2O. The van der Waals surface area contributed by atoms with Gasteiger partial charge in [0.05, 0.1) is 12.2 Å². The van der Waals surface area contributed by atoms with E-state index in [-0.39, 0.29) is 0 Å². The van der Waals surface area contributed by atoms with Crippen molar-refractivity contribution in [1.29, 1.82) is 0 Å². The standard InChI is InChI=1S/C20H32N2O/c1-16-11-20(12-17(2)23-16)21-13-19-9-6-10-22(15-19)14-18-7-4-3-5-8-18/h3-5,7-8,16-17,19-21H,6,9-15H2,1-2H3/t16-,17+,19-,20?/m0/s1. The predicted molar refractivity (Wildman–Crippen MR) is 95.5 cm³/mol. The molecule has 2 aliphatic heterocycles. The molecule has 1 aromatic rings. The van der Waals surface area contributed by atoms with Gasteiger partial charge in [0.2, 0.25) is 0 Å². The first-order valence-corrected chi connectivity index (χ1v) is 9.34. The molecule has 3 heteroatoms. The summed E-state index contributed by atoms with van der Waals surface area (Å²) in [5.41, 5.74) is 1.44. The van der Waals surface area contributed by atoms with E-state index in [1.54, 1.807) is 0 Å². The highest BCUT2D eigenvalue weighted by Crippen LogP contribution is 2.21. The van der Waals surface area contributed by atoms with Gasteiger partial charge < -0.3 is 10.1 Å². The van der Waals surface area contributed by atoms with Crippen molar-refractivity contribution in [3.05, 3.63) is 35.9 Å². The maximum Gasteiger partial charge on any atom is 0.0565 e. The number of rotatable bonds is 5. The van der Waals surface area contributed by atoms with Crippen molar-refractivity contribution >= 4 is 0 Å². The smallest absolute Gasteiger partial charge is 0.0565 e. The third-order valence-corrected chi connectivity index (χ3v) is 5.24. The first-order chi connectivity index (χ1) is 11.2. The average molecular weight is 316 g/mol. The minimum absolute atomic E-state index is 0.400. The zero-order valence-corrected chi connectivity index (χ0v) is 14.7. The van der Waals surface area contributed by atoms with Crippen molar-refractivity contribution in [2.75, 3.05) is 19.6 Å². The van der Waals surface area contributed by atoms with Gasteiger partial charge in [-0.1, -0.05) is 30.3 Å². The van der Waals surface area contributed by atoms with Crippen molar-refractivity contribution in [2.45, 2.75) is 64.3 Å². The molecule has 0 saturated carbocycles. The first-order valence-electron chi connectivity index (χ1n) is 9.34. The lowest BCUT2D eigenvalue weighted by Gasteiger charge is -2.36. The Kier molecular flexibility index (Phi) is 6.09. The molecule has 0 aliphatic carbocycles. The molecule has 3 rings (SSSR count). The molecule has 0 aromatic heterocycles. The van der Waals surface area contributed by atoms with Crippen LogP contribution in [0.25, 0.3) is 0 Å². The van der Waals surface area contributed by atoms with Crippen LogP contribution >= 0.6 is 0 Å². The van der Waals surface area contributed by atoms with E-state index in [0.717, 1.165) is 31.8 Å². The number of nitrogens with zero attached hydrogens (tertiary/aromatic N) is 1. The Hall–Kier alpha value is -0.900. The summed E-state index contributed by atoms with van der Waals surface area (Å²) in [6.07, 6.45) is 5.82. The summed E-state index contributed by atoms with van der Waals surface area (Å²) in [5.74, 6) is 0.793. The zero-order chi connectivity index (χ0) is 16.1. The highest BCUT2D eigenvalue weighted by Gasteiger charge is 2.26. The summed E-state index contributed by atoms with van der Waals surface area (Å²) in [6.45, 7) is 9.14. The van der Waals surface area contributed by atoms with E-state index in [0.29, 0.717) is 18.2 Å². The zero-order valence-electron chi connectivity index (χ0n) is 14.7. The number of hydrogen-bond acceptors (Lipinski definition) is 3. The highest BCUT2D eigenvalue weighted by molar-refractivity contribution is 5.14. The molecule has 4 atom stereocenters. The quantitative estimate of drug-likeness (QED) is 0.900. The fourth-order valence-corrected chi connectivity index (χ4v) is 4.21. The van der Waals surface area contributed by atoms with Crippen LogP contribution in [0.3, 0.4) is 0 Å². The summed E-state index contributed by atoms with van der Waals surface area (Å²) in [5, 5.41) is 3.83. The van der Waals surface area contributed by atoms with E-state index in [1.165, 1.54) is 31.5 Å². The molecule has 128 valence electrons. The Bertz CT molecular complexity index is 454.